The van der Waals surface area contributed by atoms with Crippen molar-refractivity contribution in [1.82, 2.24) is 0 Å². The highest BCUT2D eigenvalue weighted by Gasteiger charge is 2.32. The minimum atomic E-state index is -4.83. The van der Waals surface area contributed by atoms with Crippen LogP contribution >= 0.6 is 0 Å². The molecular formula is C22H18F4N2O2. The number of halogens is 4. The molecule has 0 bridgehead atoms. The minimum absolute atomic E-state index is 0.0241. The molecule has 0 amide bonds. The molecule has 8 heteroatoms. The fourth-order valence-electron chi connectivity index (χ4n) is 2.75. The summed E-state index contributed by atoms with van der Waals surface area (Å²) in [5, 5.41) is 0. The van der Waals surface area contributed by atoms with Gasteiger partial charge in [0.1, 0.15) is 17.3 Å². The molecular weight excluding hydrogens is 400 g/mol. The minimum Gasteiger partial charge on any atom is -0.453 e. The van der Waals surface area contributed by atoms with Crippen molar-refractivity contribution < 1.29 is 26.7 Å². The number of ether oxygens (including phenoxy) is 1. The summed E-state index contributed by atoms with van der Waals surface area (Å²) >= 11 is 0. The maximum absolute atomic E-state index is 13.2. The van der Waals surface area contributed by atoms with Crippen LogP contribution in [-0.2, 0) is 0 Å². The number of furan rings is 1. The molecule has 0 radical (unpaired) electrons. The van der Waals surface area contributed by atoms with Gasteiger partial charge in [0.25, 0.3) is 0 Å². The van der Waals surface area contributed by atoms with Gasteiger partial charge in [0.05, 0.1) is 11.3 Å². The van der Waals surface area contributed by atoms with Crippen LogP contribution in [0, 0.1) is 5.82 Å². The van der Waals surface area contributed by atoms with Crippen LogP contribution in [0.15, 0.2) is 75.6 Å². The summed E-state index contributed by atoms with van der Waals surface area (Å²) in [6.45, 7) is 3.65. The predicted octanol–water partition coefficient (Wildman–Crippen LogP) is 6.14. The van der Waals surface area contributed by atoms with Crippen LogP contribution in [0.3, 0.4) is 0 Å². The first-order valence-electron chi connectivity index (χ1n) is 8.87. The summed E-state index contributed by atoms with van der Waals surface area (Å²) in [7, 11) is 0. The van der Waals surface area contributed by atoms with Crippen LogP contribution in [0.25, 0.3) is 17.0 Å². The van der Waals surface area contributed by atoms with Crippen molar-refractivity contribution in [2.75, 3.05) is 0 Å². The molecule has 30 heavy (non-hydrogen) atoms. The van der Waals surface area contributed by atoms with Crippen molar-refractivity contribution >= 4 is 11.5 Å². The maximum Gasteiger partial charge on any atom is 0.573 e. The van der Waals surface area contributed by atoms with E-state index in [4.69, 9.17) is 10.2 Å². The van der Waals surface area contributed by atoms with E-state index in [1.54, 1.807) is 18.2 Å². The first kappa shape index (κ1) is 21.2. The lowest BCUT2D eigenvalue weighted by Gasteiger charge is -2.11. The maximum atomic E-state index is 13.2. The van der Waals surface area contributed by atoms with Gasteiger partial charge in [-0.15, -0.1) is 13.2 Å². The van der Waals surface area contributed by atoms with Gasteiger partial charge in [-0.25, -0.2) is 9.38 Å². The topological polar surface area (TPSA) is 60.8 Å². The van der Waals surface area contributed by atoms with Gasteiger partial charge in [-0.3, -0.25) is 0 Å². The average molecular weight is 418 g/mol. The second-order valence-electron chi connectivity index (χ2n) is 6.56. The summed E-state index contributed by atoms with van der Waals surface area (Å²) in [6, 6.07) is 14.4. The van der Waals surface area contributed by atoms with Crippen LogP contribution in [0.1, 0.15) is 25.2 Å². The zero-order chi connectivity index (χ0) is 21.9. The molecule has 156 valence electrons. The lowest BCUT2D eigenvalue weighted by Crippen LogP contribution is -2.17. The Morgan fingerprint density at radius 2 is 1.63 bits per heavy atom. The lowest BCUT2D eigenvalue weighted by molar-refractivity contribution is -0.274. The number of para-hydroxylation sites is 1. The number of hydrogen-bond donors (Lipinski definition) is 1. The molecule has 4 nitrogen and oxygen atoms in total. The summed E-state index contributed by atoms with van der Waals surface area (Å²) in [4.78, 5) is 4.38. The van der Waals surface area contributed by atoms with E-state index in [0.29, 0.717) is 11.3 Å². The van der Waals surface area contributed by atoms with Gasteiger partial charge < -0.3 is 14.9 Å². The largest absolute Gasteiger partial charge is 0.573 e. The molecule has 0 saturated carbocycles. The highest BCUT2D eigenvalue weighted by atomic mass is 19.4. The molecule has 0 saturated heterocycles. The van der Waals surface area contributed by atoms with E-state index in [9.17, 15) is 17.6 Å². The Hall–Kier alpha value is -3.55. The Morgan fingerprint density at radius 1 is 0.967 bits per heavy atom. The number of alkyl halides is 3. The van der Waals surface area contributed by atoms with E-state index in [-0.39, 0.29) is 28.7 Å². The molecule has 3 aromatic rings. The number of benzene rings is 2. The molecule has 0 fully saturated rings. The zero-order valence-electron chi connectivity index (χ0n) is 16.1. The first-order valence-corrected chi connectivity index (χ1v) is 8.87. The van der Waals surface area contributed by atoms with Gasteiger partial charge >= 0.3 is 6.36 Å². The molecule has 1 aromatic heterocycles. The quantitative estimate of drug-likeness (QED) is 0.308. The van der Waals surface area contributed by atoms with Crippen LogP contribution in [-0.4, -0.2) is 12.2 Å². The molecule has 0 aliphatic heterocycles. The summed E-state index contributed by atoms with van der Waals surface area (Å²) < 4.78 is 60.9. The monoisotopic (exact) mass is 418 g/mol. The van der Waals surface area contributed by atoms with Crippen molar-refractivity contribution in [1.29, 1.82) is 0 Å². The molecule has 0 atom stereocenters. The second-order valence-corrected chi connectivity index (χ2v) is 6.56. The Bertz CT molecular complexity index is 1090. The molecule has 3 rings (SSSR count). The predicted molar refractivity (Wildman–Crippen MR) is 106 cm³/mol. The van der Waals surface area contributed by atoms with Gasteiger partial charge in [-0.2, -0.15) is 0 Å². The van der Waals surface area contributed by atoms with Crippen molar-refractivity contribution in [3.05, 3.63) is 83.4 Å². The van der Waals surface area contributed by atoms with E-state index < -0.39 is 12.1 Å². The third-order valence-corrected chi connectivity index (χ3v) is 4.06. The fraction of sp³-hybridized carbons (Fsp3) is 0.136. The Labute approximate surface area is 170 Å². The number of amidine groups is 1. The van der Waals surface area contributed by atoms with Crippen LogP contribution in [0.2, 0.25) is 0 Å². The summed E-state index contributed by atoms with van der Waals surface area (Å²) in [5.41, 5.74) is 8.22. The van der Waals surface area contributed by atoms with E-state index in [2.05, 4.69) is 9.73 Å². The van der Waals surface area contributed by atoms with E-state index >= 15 is 0 Å². The third kappa shape index (κ3) is 5.08. The number of allylic oxidation sites excluding steroid dienone is 1. The van der Waals surface area contributed by atoms with Gasteiger partial charge in [-0.05, 0) is 62.4 Å². The highest BCUT2D eigenvalue weighted by Crippen LogP contribution is 2.34. The Morgan fingerprint density at radius 3 is 2.27 bits per heavy atom. The number of hydrogen-bond acceptors (Lipinski definition) is 3. The Kier molecular flexibility index (Phi) is 5.96. The van der Waals surface area contributed by atoms with Gasteiger partial charge in [-0.1, -0.05) is 17.7 Å². The lowest BCUT2D eigenvalue weighted by atomic mass is 10.1. The van der Waals surface area contributed by atoms with Crippen LogP contribution in [0.4, 0.5) is 17.6 Å². The van der Waals surface area contributed by atoms with E-state index in [0.717, 1.165) is 5.57 Å². The normalized spacial score (nSPS) is 12.0. The summed E-state index contributed by atoms with van der Waals surface area (Å²) in [5.74, 6) is -0.427. The van der Waals surface area contributed by atoms with Crippen molar-refractivity contribution in [3.8, 4) is 17.1 Å². The van der Waals surface area contributed by atoms with Crippen molar-refractivity contribution in [3.63, 3.8) is 0 Å². The standard InChI is InChI=1S/C22H18F4N2O2/c1-13(2)20(14-7-9-15(23)10-8-14)28-21(27)19-12-11-17(29-19)16-5-3-4-6-18(16)30-22(24,25)26/h3-12H,1-2H3,(H2,27,28). The molecule has 0 aliphatic rings. The SMILES string of the molecule is CC(C)=C(N=C(N)c1ccc(-c2ccccc2OC(F)(F)F)o1)c1ccc(F)cc1. The van der Waals surface area contributed by atoms with E-state index in [1.165, 1.54) is 42.5 Å². The van der Waals surface area contributed by atoms with Crippen LogP contribution < -0.4 is 10.5 Å². The number of nitrogens with zero attached hydrogens (tertiary/aromatic N) is 1. The van der Waals surface area contributed by atoms with Crippen molar-refractivity contribution in [2.45, 2.75) is 20.2 Å². The number of nitrogens with two attached hydrogens (primary N) is 1. The average Bonchev–Trinajstić information content (AvgIpc) is 3.16. The molecule has 2 N–H and O–H groups in total. The fourth-order valence-corrected chi connectivity index (χ4v) is 2.75. The number of rotatable bonds is 5. The summed E-state index contributed by atoms with van der Waals surface area (Å²) in [6.07, 6.45) is -4.83. The second kappa shape index (κ2) is 8.44. The smallest absolute Gasteiger partial charge is 0.453 e. The van der Waals surface area contributed by atoms with Gasteiger partial charge in [0.15, 0.2) is 11.6 Å². The molecule has 1 heterocycles. The van der Waals surface area contributed by atoms with Crippen LogP contribution in [0.5, 0.6) is 5.75 Å². The van der Waals surface area contributed by atoms with Gasteiger partial charge in [0.2, 0.25) is 0 Å². The first-order chi connectivity index (χ1) is 14.1. The third-order valence-electron chi connectivity index (χ3n) is 4.06. The molecule has 2 aromatic carbocycles. The van der Waals surface area contributed by atoms with E-state index in [1.807, 2.05) is 13.8 Å². The molecule has 0 spiro atoms. The van der Waals surface area contributed by atoms with Crippen molar-refractivity contribution in [2.24, 2.45) is 10.7 Å². The number of aliphatic imine (C=N–C) groups is 1. The highest BCUT2D eigenvalue weighted by molar-refractivity contribution is 5.99. The van der Waals surface area contributed by atoms with Gasteiger partial charge in [0, 0.05) is 5.56 Å². The zero-order valence-corrected chi connectivity index (χ0v) is 16.1. The molecule has 0 unspecified atom stereocenters. The molecule has 0 aliphatic carbocycles. The Balaban J connectivity index is 1.94.